The maximum atomic E-state index is 13.0. The average Bonchev–Trinajstić information content (AvgIpc) is 3.13. The Morgan fingerprint density at radius 3 is 2.67 bits per heavy atom. The highest BCUT2D eigenvalue weighted by Gasteiger charge is 2.37. The molecule has 0 radical (unpaired) electrons. The van der Waals surface area contributed by atoms with Crippen molar-refractivity contribution in [3.05, 3.63) is 34.9 Å². The van der Waals surface area contributed by atoms with E-state index < -0.39 is 0 Å². The molecule has 0 bridgehead atoms. The summed E-state index contributed by atoms with van der Waals surface area (Å²) in [6, 6.07) is 6.88. The van der Waals surface area contributed by atoms with Gasteiger partial charge in [-0.25, -0.2) is 0 Å². The van der Waals surface area contributed by atoms with Crippen LogP contribution in [0.2, 0.25) is 0 Å². The summed E-state index contributed by atoms with van der Waals surface area (Å²) in [5.41, 5.74) is 5.24. The lowest BCUT2D eigenvalue weighted by atomic mass is 10.0. The molecule has 5 rings (SSSR count). The van der Waals surface area contributed by atoms with Crippen LogP contribution >= 0.6 is 0 Å². The summed E-state index contributed by atoms with van der Waals surface area (Å²) < 4.78 is 1.84. The second kappa shape index (κ2) is 6.29. The Kier molecular flexibility index (Phi) is 3.88. The topological polar surface area (TPSA) is 63.4 Å². The summed E-state index contributed by atoms with van der Waals surface area (Å²) >= 11 is 0. The number of benzene rings is 1. The van der Waals surface area contributed by atoms with Crippen molar-refractivity contribution in [1.29, 1.82) is 0 Å². The Morgan fingerprint density at radius 1 is 1.15 bits per heavy atom. The molecule has 2 aromatic heterocycles. The molecular weight excluding hydrogens is 338 g/mol. The molecule has 2 saturated carbocycles. The monoisotopic (exact) mass is 363 g/mol. The first-order chi connectivity index (χ1) is 13.1. The summed E-state index contributed by atoms with van der Waals surface area (Å²) in [6.45, 7) is 4.81. The number of fused-ring (bicyclic) bond motifs is 3. The standard InChI is InChI=1S/C21H25N5O/c1-13-9-14(2)19-16(10-13)11-17(20-22-23-24-26(19)20)12-25(18-5-3-4-6-18)21(27)15-7-8-15/h9-11,15,18H,3-8,12H2,1-2H3. The highest BCUT2D eigenvalue weighted by Crippen LogP contribution is 2.35. The van der Waals surface area contributed by atoms with Crippen LogP contribution in [0.3, 0.4) is 0 Å². The number of nitrogens with zero attached hydrogens (tertiary/aromatic N) is 5. The molecule has 1 aromatic carbocycles. The fourth-order valence-electron chi connectivity index (χ4n) is 4.65. The highest BCUT2D eigenvalue weighted by atomic mass is 16.2. The fraction of sp³-hybridized carbons (Fsp3) is 0.524. The van der Waals surface area contributed by atoms with Gasteiger partial charge in [0.05, 0.1) is 5.52 Å². The minimum absolute atomic E-state index is 0.238. The number of aromatic nitrogens is 4. The number of aryl methyl sites for hydroxylation is 2. The Bertz CT molecular complexity index is 1030. The summed E-state index contributed by atoms with van der Waals surface area (Å²) in [6.07, 6.45) is 6.76. The molecule has 27 heavy (non-hydrogen) atoms. The number of pyridine rings is 1. The molecule has 0 unspecified atom stereocenters. The van der Waals surface area contributed by atoms with E-state index in [-0.39, 0.29) is 5.92 Å². The van der Waals surface area contributed by atoms with Gasteiger partial charge in [0.2, 0.25) is 5.91 Å². The Labute approximate surface area is 158 Å². The van der Waals surface area contributed by atoms with Crippen LogP contribution in [-0.4, -0.2) is 36.9 Å². The second-order valence-corrected chi connectivity index (χ2v) is 8.28. The van der Waals surface area contributed by atoms with E-state index in [4.69, 9.17) is 0 Å². The molecule has 2 aliphatic carbocycles. The van der Waals surface area contributed by atoms with Crippen LogP contribution in [0.15, 0.2) is 18.2 Å². The van der Waals surface area contributed by atoms with E-state index in [9.17, 15) is 4.79 Å². The first kappa shape index (κ1) is 16.7. The molecule has 0 saturated heterocycles. The Balaban J connectivity index is 1.61. The zero-order valence-corrected chi connectivity index (χ0v) is 16.0. The van der Waals surface area contributed by atoms with Crippen LogP contribution in [0.5, 0.6) is 0 Å². The van der Waals surface area contributed by atoms with Crippen molar-refractivity contribution in [3.63, 3.8) is 0 Å². The van der Waals surface area contributed by atoms with Gasteiger partial charge in [0.25, 0.3) is 0 Å². The predicted molar refractivity (Wildman–Crippen MR) is 103 cm³/mol. The molecule has 1 amide bonds. The molecule has 0 atom stereocenters. The third-order valence-corrected chi connectivity index (χ3v) is 6.09. The van der Waals surface area contributed by atoms with Crippen LogP contribution in [0, 0.1) is 19.8 Å². The molecule has 0 spiro atoms. The Morgan fingerprint density at radius 2 is 1.93 bits per heavy atom. The minimum Gasteiger partial charge on any atom is -0.335 e. The number of tetrazole rings is 1. The van der Waals surface area contributed by atoms with E-state index in [0.29, 0.717) is 18.5 Å². The van der Waals surface area contributed by atoms with Crippen LogP contribution in [-0.2, 0) is 11.3 Å². The predicted octanol–water partition coefficient (Wildman–Crippen LogP) is 3.58. The van der Waals surface area contributed by atoms with E-state index in [1.54, 1.807) is 0 Å². The van der Waals surface area contributed by atoms with Gasteiger partial charge in [-0.05, 0) is 67.7 Å². The van der Waals surface area contributed by atoms with Gasteiger partial charge in [0, 0.05) is 29.5 Å². The van der Waals surface area contributed by atoms with Crippen molar-refractivity contribution in [2.45, 2.75) is 65.0 Å². The van der Waals surface area contributed by atoms with Gasteiger partial charge in [-0.2, -0.15) is 4.52 Å². The van der Waals surface area contributed by atoms with E-state index in [2.05, 4.69) is 52.5 Å². The first-order valence-electron chi connectivity index (χ1n) is 10.0. The number of amides is 1. The number of hydrogen-bond acceptors (Lipinski definition) is 4. The van der Waals surface area contributed by atoms with Gasteiger partial charge in [-0.1, -0.05) is 24.5 Å². The van der Waals surface area contributed by atoms with Gasteiger partial charge in [0.1, 0.15) is 0 Å². The molecule has 2 heterocycles. The quantitative estimate of drug-likeness (QED) is 0.711. The van der Waals surface area contributed by atoms with Gasteiger partial charge in [-0.3, -0.25) is 4.79 Å². The summed E-state index contributed by atoms with van der Waals surface area (Å²) in [5.74, 6) is 0.565. The summed E-state index contributed by atoms with van der Waals surface area (Å²) in [5, 5.41) is 13.6. The van der Waals surface area contributed by atoms with E-state index >= 15 is 0 Å². The fourth-order valence-corrected chi connectivity index (χ4v) is 4.65. The first-order valence-corrected chi connectivity index (χ1v) is 10.0. The van der Waals surface area contributed by atoms with Crippen LogP contribution in [0.25, 0.3) is 16.6 Å². The normalized spacial score (nSPS) is 17.9. The molecule has 6 nitrogen and oxygen atoms in total. The van der Waals surface area contributed by atoms with Crippen LogP contribution in [0.1, 0.15) is 55.2 Å². The molecule has 0 N–H and O–H groups in total. The van der Waals surface area contributed by atoms with Crippen molar-refractivity contribution >= 4 is 22.5 Å². The lowest BCUT2D eigenvalue weighted by Gasteiger charge is -2.29. The van der Waals surface area contributed by atoms with E-state index in [0.717, 1.165) is 53.4 Å². The molecular formula is C21H25N5O. The average molecular weight is 363 g/mol. The van der Waals surface area contributed by atoms with Crippen molar-refractivity contribution in [3.8, 4) is 0 Å². The SMILES string of the molecule is Cc1cc(C)c2c(c1)cc(CN(C(=O)C1CC1)C1CCCC1)c1nnnn12. The maximum Gasteiger partial charge on any atom is 0.226 e. The van der Waals surface area contributed by atoms with Gasteiger partial charge in [-0.15, -0.1) is 5.10 Å². The number of hydrogen-bond donors (Lipinski definition) is 0. The second-order valence-electron chi connectivity index (χ2n) is 8.28. The van der Waals surface area contributed by atoms with Crippen molar-refractivity contribution in [2.24, 2.45) is 5.92 Å². The third-order valence-electron chi connectivity index (χ3n) is 6.09. The van der Waals surface area contributed by atoms with Crippen LogP contribution < -0.4 is 0 Å². The maximum absolute atomic E-state index is 13.0. The smallest absolute Gasteiger partial charge is 0.226 e. The lowest BCUT2D eigenvalue weighted by molar-refractivity contribution is -0.135. The van der Waals surface area contributed by atoms with E-state index in [1.165, 1.54) is 18.4 Å². The van der Waals surface area contributed by atoms with Gasteiger partial charge >= 0.3 is 0 Å². The largest absolute Gasteiger partial charge is 0.335 e. The molecule has 2 aliphatic rings. The molecule has 3 aromatic rings. The zero-order valence-electron chi connectivity index (χ0n) is 16.0. The van der Waals surface area contributed by atoms with E-state index in [1.807, 2.05) is 4.52 Å². The number of carbonyl (C=O) groups excluding carboxylic acids is 1. The summed E-state index contributed by atoms with van der Waals surface area (Å²) in [7, 11) is 0. The van der Waals surface area contributed by atoms with Gasteiger partial charge in [0.15, 0.2) is 5.65 Å². The van der Waals surface area contributed by atoms with Crippen molar-refractivity contribution in [2.75, 3.05) is 0 Å². The molecule has 2 fully saturated rings. The number of carbonyl (C=O) groups is 1. The molecule has 6 heteroatoms. The molecule has 140 valence electrons. The van der Waals surface area contributed by atoms with Crippen molar-refractivity contribution in [1.82, 2.24) is 24.9 Å². The third kappa shape index (κ3) is 2.87. The minimum atomic E-state index is 0.238. The highest BCUT2D eigenvalue weighted by molar-refractivity contribution is 5.87. The summed E-state index contributed by atoms with van der Waals surface area (Å²) in [4.78, 5) is 15.1. The van der Waals surface area contributed by atoms with Crippen molar-refractivity contribution < 1.29 is 4.79 Å². The number of rotatable bonds is 4. The zero-order chi connectivity index (χ0) is 18.5. The van der Waals surface area contributed by atoms with Gasteiger partial charge < -0.3 is 4.90 Å². The Hall–Kier alpha value is -2.50. The van der Waals surface area contributed by atoms with Crippen LogP contribution in [0.4, 0.5) is 0 Å². The lowest BCUT2D eigenvalue weighted by Crippen LogP contribution is -2.39. The molecule has 0 aliphatic heterocycles.